The van der Waals surface area contributed by atoms with Gasteiger partial charge in [0.25, 0.3) is 0 Å². The van der Waals surface area contributed by atoms with E-state index in [1.54, 1.807) is 19.2 Å². The first kappa shape index (κ1) is 12.0. The van der Waals surface area contributed by atoms with E-state index in [0.717, 1.165) is 5.56 Å². The zero-order valence-corrected chi connectivity index (χ0v) is 10.1. The highest BCUT2D eigenvalue weighted by Gasteiger charge is 2.14. The van der Waals surface area contributed by atoms with Crippen molar-refractivity contribution in [3.8, 4) is 0 Å². The number of benzene rings is 1. The predicted octanol–water partition coefficient (Wildman–Crippen LogP) is 1.65. The number of nitrogens with one attached hydrogen (secondary N) is 1. The Labute approximate surface area is 104 Å². The normalized spacial score (nSPS) is 12.6. The van der Waals surface area contributed by atoms with Gasteiger partial charge >= 0.3 is 0 Å². The van der Waals surface area contributed by atoms with Gasteiger partial charge in [-0.1, -0.05) is 23.7 Å². The topological polar surface area (TPSA) is 76.8 Å². The number of ether oxygens (including phenoxy) is 1. The van der Waals surface area contributed by atoms with Gasteiger partial charge in [0.05, 0.1) is 6.04 Å². The lowest BCUT2D eigenvalue weighted by atomic mass is 10.1. The summed E-state index contributed by atoms with van der Waals surface area (Å²) in [5.74, 6) is 1.20. The van der Waals surface area contributed by atoms with Crippen LogP contribution in [0.5, 0.6) is 0 Å². The average molecular weight is 253 g/mol. The minimum Gasteiger partial charge on any atom is -0.377 e. The Morgan fingerprint density at radius 1 is 1.41 bits per heavy atom. The summed E-state index contributed by atoms with van der Waals surface area (Å²) in [7, 11) is 1.60. The first-order chi connectivity index (χ1) is 8.20. The van der Waals surface area contributed by atoms with Crippen LogP contribution < -0.4 is 5.73 Å². The number of H-pyrrole nitrogens is 1. The molecule has 0 aliphatic rings. The van der Waals surface area contributed by atoms with Crippen LogP contribution in [0.1, 0.15) is 23.3 Å². The van der Waals surface area contributed by atoms with Gasteiger partial charge in [0.15, 0.2) is 11.6 Å². The fourth-order valence-corrected chi connectivity index (χ4v) is 1.60. The second kappa shape index (κ2) is 5.27. The zero-order valence-electron chi connectivity index (χ0n) is 9.35. The van der Waals surface area contributed by atoms with Gasteiger partial charge in [-0.2, -0.15) is 5.10 Å². The minimum absolute atomic E-state index is 0.367. The fraction of sp³-hybridized carbons (Fsp3) is 0.273. The Kier molecular flexibility index (Phi) is 3.73. The molecule has 0 aliphatic heterocycles. The Morgan fingerprint density at radius 2 is 2.12 bits per heavy atom. The molecule has 3 N–H and O–H groups in total. The van der Waals surface area contributed by atoms with Crippen LogP contribution in [0.3, 0.4) is 0 Å². The molecule has 2 aromatic rings. The van der Waals surface area contributed by atoms with Crippen molar-refractivity contribution in [2.24, 2.45) is 5.73 Å². The van der Waals surface area contributed by atoms with Crippen LogP contribution in [0.4, 0.5) is 0 Å². The number of halogens is 1. The highest BCUT2D eigenvalue weighted by atomic mass is 35.5. The summed E-state index contributed by atoms with van der Waals surface area (Å²) in [6, 6.07) is 6.94. The smallest absolute Gasteiger partial charge is 0.171 e. The Balaban J connectivity index is 2.18. The second-order valence-corrected chi connectivity index (χ2v) is 4.04. The number of nitrogens with two attached hydrogens (primary N) is 1. The Bertz CT molecular complexity index is 482. The molecule has 1 aromatic carbocycles. The molecular weight excluding hydrogens is 240 g/mol. The summed E-state index contributed by atoms with van der Waals surface area (Å²) in [4.78, 5) is 4.25. The molecule has 1 atom stereocenters. The number of hydrogen-bond donors (Lipinski definition) is 2. The SMILES string of the molecule is COCc1nc([C@@H](N)c2ccc(Cl)cc2)n[nH]1. The van der Waals surface area contributed by atoms with Crippen molar-refractivity contribution in [2.75, 3.05) is 7.11 Å². The van der Waals surface area contributed by atoms with Crippen LogP contribution in [0.15, 0.2) is 24.3 Å². The van der Waals surface area contributed by atoms with Crippen molar-refractivity contribution in [1.29, 1.82) is 0 Å². The van der Waals surface area contributed by atoms with E-state index < -0.39 is 0 Å². The highest BCUT2D eigenvalue weighted by Crippen LogP contribution is 2.18. The molecule has 1 heterocycles. The van der Waals surface area contributed by atoms with E-state index in [4.69, 9.17) is 22.1 Å². The third-order valence-electron chi connectivity index (χ3n) is 2.34. The van der Waals surface area contributed by atoms with E-state index in [2.05, 4.69) is 15.2 Å². The van der Waals surface area contributed by atoms with Crippen LogP contribution in [0.2, 0.25) is 5.02 Å². The predicted molar refractivity (Wildman–Crippen MR) is 64.6 cm³/mol. The molecule has 0 fully saturated rings. The molecule has 0 spiro atoms. The van der Waals surface area contributed by atoms with Gasteiger partial charge in [0.2, 0.25) is 0 Å². The third kappa shape index (κ3) is 2.82. The summed E-state index contributed by atoms with van der Waals surface area (Å²) in [6.07, 6.45) is 0. The van der Waals surface area contributed by atoms with E-state index in [1.165, 1.54) is 0 Å². The van der Waals surface area contributed by atoms with Crippen LogP contribution >= 0.6 is 11.6 Å². The lowest BCUT2D eigenvalue weighted by molar-refractivity contribution is 0.178. The highest BCUT2D eigenvalue weighted by molar-refractivity contribution is 6.30. The van der Waals surface area contributed by atoms with Crippen molar-refractivity contribution in [2.45, 2.75) is 12.6 Å². The molecule has 6 heteroatoms. The van der Waals surface area contributed by atoms with Gasteiger partial charge in [-0.3, -0.25) is 5.10 Å². The van der Waals surface area contributed by atoms with E-state index in [0.29, 0.717) is 23.3 Å². The summed E-state index contributed by atoms with van der Waals surface area (Å²) < 4.78 is 4.95. The van der Waals surface area contributed by atoms with Crippen molar-refractivity contribution < 1.29 is 4.74 Å². The molecule has 0 radical (unpaired) electrons. The molecule has 0 aliphatic carbocycles. The van der Waals surface area contributed by atoms with Gasteiger partial charge in [-0.15, -0.1) is 0 Å². The number of rotatable bonds is 4. The summed E-state index contributed by atoms with van der Waals surface area (Å²) >= 11 is 5.81. The lowest BCUT2D eigenvalue weighted by Crippen LogP contribution is -2.13. The largest absolute Gasteiger partial charge is 0.377 e. The third-order valence-corrected chi connectivity index (χ3v) is 2.59. The maximum atomic E-state index is 6.05. The van der Waals surface area contributed by atoms with Gasteiger partial charge < -0.3 is 10.5 Å². The molecule has 0 unspecified atom stereocenters. The number of methoxy groups -OCH3 is 1. The number of nitrogens with zero attached hydrogens (tertiary/aromatic N) is 2. The number of hydrogen-bond acceptors (Lipinski definition) is 4. The fourth-order valence-electron chi connectivity index (χ4n) is 1.47. The van der Waals surface area contributed by atoms with Gasteiger partial charge in [-0.05, 0) is 17.7 Å². The lowest BCUT2D eigenvalue weighted by Gasteiger charge is -2.07. The maximum absolute atomic E-state index is 6.05. The molecule has 1 aromatic heterocycles. The summed E-state index contributed by atoms with van der Waals surface area (Å²) in [5.41, 5.74) is 6.96. The summed E-state index contributed by atoms with van der Waals surface area (Å²) in [6.45, 7) is 0.389. The average Bonchev–Trinajstić information content (AvgIpc) is 2.78. The molecule has 0 saturated carbocycles. The molecular formula is C11H13ClN4O. The molecule has 5 nitrogen and oxygen atoms in total. The van der Waals surface area contributed by atoms with Gasteiger partial charge in [0.1, 0.15) is 6.61 Å². The Morgan fingerprint density at radius 3 is 2.76 bits per heavy atom. The molecule has 0 saturated heterocycles. The second-order valence-electron chi connectivity index (χ2n) is 3.60. The van der Waals surface area contributed by atoms with Crippen LogP contribution in [-0.2, 0) is 11.3 Å². The first-order valence-corrected chi connectivity index (χ1v) is 5.49. The molecule has 17 heavy (non-hydrogen) atoms. The van der Waals surface area contributed by atoms with E-state index >= 15 is 0 Å². The van der Waals surface area contributed by atoms with E-state index in [-0.39, 0.29) is 6.04 Å². The van der Waals surface area contributed by atoms with Crippen LogP contribution in [-0.4, -0.2) is 22.3 Å². The first-order valence-electron chi connectivity index (χ1n) is 5.12. The quantitative estimate of drug-likeness (QED) is 0.868. The van der Waals surface area contributed by atoms with Crippen LogP contribution in [0, 0.1) is 0 Å². The van der Waals surface area contributed by atoms with Gasteiger partial charge in [-0.25, -0.2) is 4.98 Å². The molecule has 2 rings (SSSR count). The Hall–Kier alpha value is -1.43. The standard InChI is InChI=1S/C11H13ClN4O/c1-17-6-9-14-11(16-15-9)10(13)7-2-4-8(12)5-3-7/h2-5,10H,6,13H2,1H3,(H,14,15,16)/t10-/m0/s1. The van der Waals surface area contributed by atoms with Crippen molar-refractivity contribution in [3.05, 3.63) is 46.5 Å². The number of aromatic nitrogens is 3. The number of aromatic amines is 1. The zero-order chi connectivity index (χ0) is 12.3. The van der Waals surface area contributed by atoms with Crippen molar-refractivity contribution in [1.82, 2.24) is 15.2 Å². The monoisotopic (exact) mass is 252 g/mol. The van der Waals surface area contributed by atoms with Crippen molar-refractivity contribution in [3.63, 3.8) is 0 Å². The van der Waals surface area contributed by atoms with E-state index in [9.17, 15) is 0 Å². The van der Waals surface area contributed by atoms with Crippen LogP contribution in [0.25, 0.3) is 0 Å². The molecule has 0 amide bonds. The molecule has 0 bridgehead atoms. The summed E-state index contributed by atoms with van der Waals surface area (Å²) in [5, 5.41) is 7.51. The molecule has 90 valence electrons. The minimum atomic E-state index is -0.367. The maximum Gasteiger partial charge on any atom is 0.171 e. The van der Waals surface area contributed by atoms with Gasteiger partial charge in [0, 0.05) is 12.1 Å². The van der Waals surface area contributed by atoms with E-state index in [1.807, 2.05) is 12.1 Å². The van der Waals surface area contributed by atoms with Crippen molar-refractivity contribution >= 4 is 11.6 Å².